The normalized spacial score (nSPS) is 19.9. The number of methoxy groups -OCH3 is 1. The number of hydrogen-bond donors (Lipinski definition) is 0. The van der Waals surface area contributed by atoms with Gasteiger partial charge in [0.1, 0.15) is 6.61 Å². The third kappa shape index (κ3) is 2.95. The molecule has 0 aromatic carbocycles. The average molecular weight is 347 g/mol. The van der Waals surface area contributed by atoms with Crippen LogP contribution in [0, 0.1) is 0 Å². The summed E-state index contributed by atoms with van der Waals surface area (Å²) in [5.74, 6) is 0.718. The van der Waals surface area contributed by atoms with E-state index in [1.165, 1.54) is 11.5 Å². The molecular weight excluding hydrogens is 326 g/mol. The predicted octanol–water partition coefficient (Wildman–Crippen LogP) is 1.40. The Hall–Kier alpha value is -1.80. The van der Waals surface area contributed by atoms with E-state index in [1.807, 2.05) is 0 Å². The Labute approximate surface area is 144 Å². The summed E-state index contributed by atoms with van der Waals surface area (Å²) in [6.45, 7) is 2.00. The van der Waals surface area contributed by atoms with Crippen molar-refractivity contribution in [3.8, 4) is 0 Å². The van der Waals surface area contributed by atoms with E-state index < -0.39 is 0 Å². The van der Waals surface area contributed by atoms with Crippen LogP contribution in [0.1, 0.15) is 36.3 Å². The van der Waals surface area contributed by atoms with Gasteiger partial charge >= 0.3 is 0 Å². The second-order valence-corrected chi connectivity index (χ2v) is 7.14. The maximum atomic E-state index is 12.3. The number of fused-ring (bicyclic) bond motifs is 1. The molecule has 2 aromatic rings. The molecule has 128 valence electrons. The molecule has 7 nitrogen and oxygen atoms in total. The molecule has 4 rings (SSSR count). The van der Waals surface area contributed by atoms with Crippen molar-refractivity contribution < 1.29 is 4.74 Å². The van der Waals surface area contributed by atoms with Crippen LogP contribution in [-0.4, -0.2) is 38.8 Å². The number of nitrogens with zero attached hydrogens (tertiary/aromatic N) is 5. The van der Waals surface area contributed by atoms with Gasteiger partial charge < -0.3 is 9.64 Å². The lowest BCUT2D eigenvalue weighted by atomic mass is 10.2. The highest BCUT2D eigenvalue weighted by Gasteiger charge is 2.28. The number of aryl methyl sites for hydroxylation is 2. The zero-order chi connectivity index (χ0) is 16.5. The van der Waals surface area contributed by atoms with Gasteiger partial charge in [-0.25, -0.2) is 9.67 Å². The zero-order valence-corrected chi connectivity index (χ0v) is 14.6. The number of anilines is 1. The Balaban J connectivity index is 1.54. The number of ether oxygens (including phenoxy) is 1. The summed E-state index contributed by atoms with van der Waals surface area (Å²) in [4.78, 5) is 19.2. The highest BCUT2D eigenvalue weighted by atomic mass is 32.1. The van der Waals surface area contributed by atoms with E-state index in [0.29, 0.717) is 13.2 Å². The van der Waals surface area contributed by atoms with Gasteiger partial charge in [0.25, 0.3) is 5.56 Å². The number of rotatable bonds is 5. The second kappa shape index (κ2) is 6.60. The number of aromatic nitrogens is 4. The molecule has 0 amide bonds. The van der Waals surface area contributed by atoms with Gasteiger partial charge in [-0.3, -0.25) is 4.79 Å². The summed E-state index contributed by atoms with van der Waals surface area (Å²) in [6, 6.07) is 2.02. The molecule has 3 heterocycles. The standard InChI is InChI=1S/C16H21N5O2S/c1-23-10-14-17-16(24-19-14)20-7-3-5-12(20)9-21-15(22)8-11-4-2-6-13(11)18-21/h8,12H,2-7,9-10H2,1H3. The third-order valence-electron chi connectivity index (χ3n) is 4.76. The van der Waals surface area contributed by atoms with Crippen molar-refractivity contribution in [2.75, 3.05) is 18.6 Å². The Bertz CT molecular complexity index is 787. The summed E-state index contributed by atoms with van der Waals surface area (Å²) in [5, 5.41) is 5.52. The lowest BCUT2D eigenvalue weighted by molar-refractivity contribution is 0.179. The van der Waals surface area contributed by atoms with Crippen molar-refractivity contribution >= 4 is 16.7 Å². The summed E-state index contributed by atoms with van der Waals surface area (Å²) in [5.41, 5.74) is 2.24. The molecule has 2 aliphatic rings. The average Bonchev–Trinajstić information content (AvgIpc) is 3.28. The van der Waals surface area contributed by atoms with E-state index in [9.17, 15) is 4.79 Å². The van der Waals surface area contributed by atoms with Gasteiger partial charge in [-0.2, -0.15) is 9.47 Å². The molecule has 1 atom stereocenters. The van der Waals surface area contributed by atoms with Gasteiger partial charge in [0, 0.05) is 31.3 Å². The minimum atomic E-state index is 0.0137. The molecule has 1 saturated heterocycles. The van der Waals surface area contributed by atoms with Gasteiger partial charge in [0.05, 0.1) is 18.3 Å². The van der Waals surface area contributed by atoms with Gasteiger partial charge in [-0.1, -0.05) is 0 Å². The highest BCUT2D eigenvalue weighted by Crippen LogP contribution is 2.28. The molecular formula is C16H21N5O2S. The van der Waals surface area contributed by atoms with Crippen LogP contribution in [-0.2, 0) is 30.7 Å². The molecule has 0 spiro atoms. The van der Waals surface area contributed by atoms with E-state index in [2.05, 4.69) is 19.4 Å². The van der Waals surface area contributed by atoms with E-state index in [4.69, 9.17) is 4.74 Å². The summed E-state index contributed by atoms with van der Waals surface area (Å²) < 4.78 is 11.1. The maximum Gasteiger partial charge on any atom is 0.267 e. The minimum Gasteiger partial charge on any atom is -0.377 e. The Morgan fingerprint density at radius 1 is 1.38 bits per heavy atom. The van der Waals surface area contributed by atoms with Crippen LogP contribution >= 0.6 is 11.5 Å². The topological polar surface area (TPSA) is 73.1 Å². The molecule has 1 aliphatic carbocycles. The van der Waals surface area contributed by atoms with Crippen molar-refractivity contribution in [2.24, 2.45) is 0 Å². The zero-order valence-electron chi connectivity index (χ0n) is 13.8. The molecule has 1 aliphatic heterocycles. The van der Waals surface area contributed by atoms with Gasteiger partial charge in [0.15, 0.2) is 5.82 Å². The third-order valence-corrected chi connectivity index (χ3v) is 5.55. The summed E-state index contributed by atoms with van der Waals surface area (Å²) >= 11 is 1.40. The summed E-state index contributed by atoms with van der Waals surface area (Å²) in [7, 11) is 1.64. The van der Waals surface area contributed by atoms with Crippen LogP contribution in [0.25, 0.3) is 0 Å². The minimum absolute atomic E-state index is 0.0137. The van der Waals surface area contributed by atoms with E-state index in [0.717, 1.165) is 60.9 Å². The SMILES string of the molecule is COCc1nsc(N2CCCC2Cn2nc3c(cc2=O)CCC3)n1. The molecule has 2 aromatic heterocycles. The van der Waals surface area contributed by atoms with Gasteiger partial charge in [-0.15, -0.1) is 0 Å². The quantitative estimate of drug-likeness (QED) is 0.814. The van der Waals surface area contributed by atoms with Crippen LogP contribution in [0.5, 0.6) is 0 Å². The molecule has 0 bridgehead atoms. The van der Waals surface area contributed by atoms with Crippen molar-refractivity contribution in [3.63, 3.8) is 0 Å². The van der Waals surface area contributed by atoms with E-state index in [1.54, 1.807) is 17.9 Å². The molecule has 0 radical (unpaired) electrons. The lowest BCUT2D eigenvalue weighted by Crippen LogP contribution is -2.37. The van der Waals surface area contributed by atoms with Crippen LogP contribution in [0.2, 0.25) is 0 Å². The van der Waals surface area contributed by atoms with E-state index >= 15 is 0 Å². The van der Waals surface area contributed by atoms with Crippen molar-refractivity contribution in [1.82, 2.24) is 19.1 Å². The molecule has 0 saturated carbocycles. The fourth-order valence-electron chi connectivity index (χ4n) is 3.60. The Kier molecular flexibility index (Phi) is 4.32. The first-order valence-corrected chi connectivity index (χ1v) is 9.20. The molecule has 24 heavy (non-hydrogen) atoms. The van der Waals surface area contributed by atoms with Crippen molar-refractivity contribution in [2.45, 2.75) is 51.3 Å². The maximum absolute atomic E-state index is 12.3. The van der Waals surface area contributed by atoms with Crippen LogP contribution in [0.3, 0.4) is 0 Å². The largest absolute Gasteiger partial charge is 0.377 e. The van der Waals surface area contributed by atoms with Crippen molar-refractivity contribution in [3.05, 3.63) is 33.5 Å². The Morgan fingerprint density at radius 3 is 3.17 bits per heavy atom. The number of hydrogen-bond acceptors (Lipinski definition) is 7. The smallest absolute Gasteiger partial charge is 0.267 e. The summed E-state index contributed by atoms with van der Waals surface area (Å²) in [6.07, 6.45) is 5.23. The molecule has 1 fully saturated rings. The highest BCUT2D eigenvalue weighted by molar-refractivity contribution is 7.09. The fourth-order valence-corrected chi connectivity index (χ4v) is 4.37. The molecule has 1 unspecified atom stereocenters. The first kappa shape index (κ1) is 15.7. The Morgan fingerprint density at radius 2 is 2.29 bits per heavy atom. The van der Waals surface area contributed by atoms with Crippen LogP contribution in [0.15, 0.2) is 10.9 Å². The van der Waals surface area contributed by atoms with Crippen LogP contribution in [0.4, 0.5) is 5.13 Å². The van der Waals surface area contributed by atoms with Crippen molar-refractivity contribution in [1.29, 1.82) is 0 Å². The van der Waals surface area contributed by atoms with Gasteiger partial charge in [-0.05, 0) is 37.7 Å². The lowest BCUT2D eigenvalue weighted by Gasteiger charge is -2.23. The first-order valence-electron chi connectivity index (χ1n) is 8.42. The van der Waals surface area contributed by atoms with E-state index in [-0.39, 0.29) is 11.6 Å². The fraction of sp³-hybridized carbons (Fsp3) is 0.625. The molecule has 0 N–H and O–H groups in total. The predicted molar refractivity (Wildman–Crippen MR) is 91.5 cm³/mol. The molecule has 8 heteroatoms. The second-order valence-electron chi connectivity index (χ2n) is 6.41. The van der Waals surface area contributed by atoms with Gasteiger partial charge in [0.2, 0.25) is 5.13 Å². The van der Waals surface area contributed by atoms with Crippen LogP contribution < -0.4 is 10.5 Å². The monoisotopic (exact) mass is 347 g/mol. The first-order chi connectivity index (χ1) is 11.7.